The van der Waals surface area contributed by atoms with Gasteiger partial charge in [0.05, 0.1) is 23.1 Å². The number of benzene rings is 1. The fraction of sp³-hybridized carbons (Fsp3) is 0.0500. The number of hydrogen-bond donors (Lipinski definition) is 1. The normalized spacial score (nSPS) is 11.8. The second kappa shape index (κ2) is 8.01. The Morgan fingerprint density at radius 3 is 2.36 bits per heavy atom. The fourth-order valence-corrected chi connectivity index (χ4v) is 3.84. The topological polar surface area (TPSA) is 112 Å². The molecule has 2 aromatic heterocycles. The van der Waals surface area contributed by atoms with Crippen LogP contribution in [0.15, 0.2) is 83.1 Å². The molecule has 0 atom stereocenters. The van der Waals surface area contributed by atoms with Crippen molar-refractivity contribution in [2.45, 2.75) is 9.79 Å². The number of sulfone groups is 1. The number of pyridine rings is 2. The Bertz CT molecular complexity index is 1130. The number of ether oxygens (including phenoxy) is 1. The number of carbonyl (C=O) groups excluding carboxylic acids is 1. The minimum Gasteiger partial charge on any atom is -0.495 e. The van der Waals surface area contributed by atoms with E-state index >= 15 is 0 Å². The number of primary amides is 1. The predicted molar refractivity (Wildman–Crippen MR) is 103 cm³/mol. The van der Waals surface area contributed by atoms with Crippen LogP contribution in [0.5, 0.6) is 5.75 Å². The first kappa shape index (κ1) is 19.2. The summed E-state index contributed by atoms with van der Waals surface area (Å²) in [4.78, 5) is 19.5. The molecular formula is C20H17N3O4S. The van der Waals surface area contributed by atoms with Crippen LogP contribution in [-0.4, -0.2) is 31.4 Å². The highest BCUT2D eigenvalue weighted by Gasteiger charge is 2.19. The van der Waals surface area contributed by atoms with Crippen molar-refractivity contribution in [1.29, 1.82) is 0 Å². The number of hydrogen-bond acceptors (Lipinski definition) is 6. The number of amides is 1. The van der Waals surface area contributed by atoms with Crippen molar-refractivity contribution in [1.82, 2.24) is 9.97 Å². The van der Waals surface area contributed by atoms with Crippen LogP contribution in [0.4, 0.5) is 0 Å². The number of nitrogens with two attached hydrogens (primary N) is 1. The summed E-state index contributed by atoms with van der Waals surface area (Å²) in [6.07, 6.45) is 7.19. The van der Waals surface area contributed by atoms with Gasteiger partial charge in [-0.2, -0.15) is 0 Å². The fourth-order valence-electron chi connectivity index (χ4n) is 2.60. The molecule has 3 rings (SSSR count). The Kier molecular flexibility index (Phi) is 5.51. The van der Waals surface area contributed by atoms with Crippen LogP contribution < -0.4 is 10.5 Å². The maximum atomic E-state index is 12.8. The highest BCUT2D eigenvalue weighted by Crippen LogP contribution is 2.27. The number of nitrogens with zero attached hydrogens (tertiary/aromatic N) is 2. The zero-order valence-corrected chi connectivity index (χ0v) is 15.8. The smallest absolute Gasteiger partial charge is 0.242 e. The summed E-state index contributed by atoms with van der Waals surface area (Å²) < 4.78 is 30.7. The quantitative estimate of drug-likeness (QED) is 0.641. The molecule has 28 heavy (non-hydrogen) atoms. The van der Waals surface area contributed by atoms with Gasteiger partial charge in [0.15, 0.2) is 0 Å². The van der Waals surface area contributed by atoms with E-state index in [2.05, 4.69) is 9.97 Å². The number of aromatic nitrogens is 2. The molecular weight excluding hydrogens is 378 g/mol. The highest BCUT2D eigenvalue weighted by atomic mass is 32.2. The zero-order chi connectivity index (χ0) is 20.1. The zero-order valence-electron chi connectivity index (χ0n) is 14.9. The van der Waals surface area contributed by atoms with E-state index in [-0.39, 0.29) is 9.79 Å². The SMILES string of the molecule is COc1cncc(S(=O)(=O)c2ccc(C(=CC(N)=O)c3cccnc3)cc2)c1. The van der Waals surface area contributed by atoms with Crippen LogP contribution in [0.1, 0.15) is 11.1 Å². The monoisotopic (exact) mass is 395 g/mol. The molecule has 1 amide bonds. The number of methoxy groups -OCH3 is 1. The van der Waals surface area contributed by atoms with E-state index < -0.39 is 15.7 Å². The molecule has 0 saturated heterocycles. The van der Waals surface area contributed by atoms with Crippen LogP contribution in [0.3, 0.4) is 0 Å². The number of rotatable bonds is 6. The third kappa shape index (κ3) is 4.07. The summed E-state index contributed by atoms with van der Waals surface area (Å²) in [7, 11) is -2.33. The number of carbonyl (C=O) groups is 1. The van der Waals surface area contributed by atoms with Gasteiger partial charge in [-0.3, -0.25) is 14.8 Å². The van der Waals surface area contributed by atoms with Gasteiger partial charge in [0, 0.05) is 36.3 Å². The van der Waals surface area contributed by atoms with Gasteiger partial charge in [-0.05, 0) is 29.3 Å². The molecule has 0 radical (unpaired) electrons. The van der Waals surface area contributed by atoms with Crippen LogP contribution in [0.25, 0.3) is 5.57 Å². The molecule has 7 nitrogen and oxygen atoms in total. The van der Waals surface area contributed by atoms with Crippen molar-refractivity contribution in [3.05, 3.63) is 84.5 Å². The van der Waals surface area contributed by atoms with Crippen LogP contribution >= 0.6 is 0 Å². The Hall–Kier alpha value is -3.52. The van der Waals surface area contributed by atoms with Gasteiger partial charge >= 0.3 is 0 Å². The van der Waals surface area contributed by atoms with Gasteiger partial charge in [-0.1, -0.05) is 18.2 Å². The lowest BCUT2D eigenvalue weighted by Gasteiger charge is -2.10. The van der Waals surface area contributed by atoms with Gasteiger partial charge < -0.3 is 10.5 Å². The molecule has 8 heteroatoms. The third-order valence-electron chi connectivity index (χ3n) is 3.97. The van der Waals surface area contributed by atoms with Gasteiger partial charge in [-0.25, -0.2) is 8.42 Å². The van der Waals surface area contributed by atoms with Crippen LogP contribution in [0.2, 0.25) is 0 Å². The van der Waals surface area contributed by atoms with Crippen molar-refractivity contribution < 1.29 is 17.9 Å². The third-order valence-corrected chi connectivity index (χ3v) is 5.71. The van der Waals surface area contributed by atoms with Crippen molar-refractivity contribution in [3.8, 4) is 5.75 Å². The summed E-state index contributed by atoms with van der Waals surface area (Å²) in [5.74, 6) is -0.265. The van der Waals surface area contributed by atoms with E-state index in [1.807, 2.05) is 0 Å². The van der Waals surface area contributed by atoms with Gasteiger partial charge in [0.25, 0.3) is 0 Å². The predicted octanol–water partition coefficient (Wildman–Crippen LogP) is 2.24. The Balaban J connectivity index is 2.01. The lowest BCUT2D eigenvalue weighted by Crippen LogP contribution is -2.08. The van der Waals surface area contributed by atoms with Crippen molar-refractivity contribution in [2.75, 3.05) is 7.11 Å². The molecule has 1 aromatic carbocycles. The molecule has 3 aromatic rings. The van der Waals surface area contributed by atoms with Crippen molar-refractivity contribution >= 4 is 21.3 Å². The average molecular weight is 395 g/mol. The Morgan fingerprint density at radius 1 is 1.00 bits per heavy atom. The summed E-state index contributed by atoms with van der Waals surface area (Å²) in [5, 5.41) is 0. The van der Waals surface area contributed by atoms with E-state index in [9.17, 15) is 13.2 Å². The molecule has 0 aliphatic carbocycles. The second-order valence-corrected chi connectivity index (χ2v) is 7.74. The van der Waals surface area contributed by atoms with Crippen molar-refractivity contribution in [3.63, 3.8) is 0 Å². The molecule has 0 bridgehead atoms. The Labute approximate surface area is 162 Å². The molecule has 0 spiro atoms. The Morgan fingerprint density at radius 2 is 1.75 bits per heavy atom. The second-order valence-electron chi connectivity index (χ2n) is 5.79. The van der Waals surface area contributed by atoms with Crippen LogP contribution in [0, 0.1) is 0 Å². The highest BCUT2D eigenvalue weighted by molar-refractivity contribution is 7.91. The molecule has 2 N–H and O–H groups in total. The largest absolute Gasteiger partial charge is 0.495 e. The lowest BCUT2D eigenvalue weighted by molar-refractivity contribution is -0.113. The first-order valence-electron chi connectivity index (χ1n) is 8.18. The minimum absolute atomic E-state index is 0.0276. The average Bonchev–Trinajstić information content (AvgIpc) is 2.72. The summed E-state index contributed by atoms with van der Waals surface area (Å²) in [6.45, 7) is 0. The lowest BCUT2D eigenvalue weighted by atomic mass is 9.99. The molecule has 0 unspecified atom stereocenters. The maximum absolute atomic E-state index is 12.8. The summed E-state index contributed by atoms with van der Waals surface area (Å²) >= 11 is 0. The molecule has 0 aliphatic rings. The summed E-state index contributed by atoms with van der Waals surface area (Å²) in [6, 6.07) is 11.1. The molecule has 2 heterocycles. The first-order chi connectivity index (χ1) is 13.4. The van der Waals surface area contributed by atoms with Gasteiger partial charge in [0.2, 0.25) is 15.7 Å². The van der Waals surface area contributed by atoms with E-state index in [1.165, 1.54) is 43.8 Å². The van der Waals surface area contributed by atoms with Crippen molar-refractivity contribution in [2.24, 2.45) is 5.73 Å². The molecule has 0 fully saturated rings. The van der Waals surface area contributed by atoms with E-state index in [0.29, 0.717) is 22.4 Å². The summed E-state index contributed by atoms with van der Waals surface area (Å²) in [5.41, 5.74) is 7.19. The van der Waals surface area contributed by atoms with Crippen LogP contribution in [-0.2, 0) is 14.6 Å². The standard InChI is InChI=1S/C20H17N3O4S/c1-27-16-9-18(13-23-12-16)28(25,26)17-6-4-14(5-7-17)19(10-20(21)24)15-3-2-8-22-11-15/h2-13H,1H3,(H2,21,24). The molecule has 0 saturated carbocycles. The molecule has 142 valence electrons. The van der Waals surface area contributed by atoms with Gasteiger partial charge in [-0.15, -0.1) is 0 Å². The minimum atomic E-state index is -3.77. The van der Waals surface area contributed by atoms with E-state index in [4.69, 9.17) is 10.5 Å². The maximum Gasteiger partial charge on any atom is 0.242 e. The van der Waals surface area contributed by atoms with E-state index in [0.717, 1.165) is 0 Å². The molecule has 0 aliphatic heterocycles. The van der Waals surface area contributed by atoms with E-state index in [1.54, 1.807) is 36.7 Å². The first-order valence-corrected chi connectivity index (χ1v) is 9.66. The van der Waals surface area contributed by atoms with Gasteiger partial charge in [0.1, 0.15) is 5.75 Å².